The van der Waals surface area contributed by atoms with Gasteiger partial charge in [-0.25, -0.2) is 0 Å². The summed E-state index contributed by atoms with van der Waals surface area (Å²) in [5.74, 6) is 0. The molecule has 13 rings (SSSR count). The van der Waals surface area contributed by atoms with Crippen molar-refractivity contribution in [1.82, 2.24) is 0 Å². The second-order valence-corrected chi connectivity index (χ2v) is 20.3. The average molecular weight is 962 g/mol. The second-order valence-electron chi connectivity index (χ2n) is 19.2. The first kappa shape index (κ1) is 44.8. The molecule has 1 aliphatic rings. The van der Waals surface area contributed by atoms with Crippen molar-refractivity contribution in [3.8, 4) is 44.5 Å². The summed E-state index contributed by atoms with van der Waals surface area (Å²) in [5.41, 5.74) is 20.0. The van der Waals surface area contributed by atoms with E-state index in [4.69, 9.17) is 0 Å². The Balaban J connectivity index is 0.923. The number of benzene rings is 11. The van der Waals surface area contributed by atoms with Gasteiger partial charge >= 0.3 is 0 Å². The van der Waals surface area contributed by atoms with Crippen LogP contribution in [0.25, 0.3) is 77.0 Å². The van der Waals surface area contributed by atoms with Gasteiger partial charge in [-0.2, -0.15) is 0 Å². The number of hydrogen-bond donors (Lipinski definition) is 0. The van der Waals surface area contributed by atoms with Crippen molar-refractivity contribution < 1.29 is 0 Å². The monoisotopic (exact) mass is 961 g/mol. The molecular formula is C72H51NS. The van der Waals surface area contributed by atoms with E-state index in [1.54, 1.807) is 0 Å². The smallest absolute Gasteiger partial charge is 0.0713 e. The molecule has 0 radical (unpaired) electrons. The van der Waals surface area contributed by atoms with Crippen LogP contribution in [0.5, 0.6) is 0 Å². The first-order valence-corrected chi connectivity index (χ1v) is 26.3. The first-order chi connectivity index (χ1) is 36.6. The molecule has 0 unspecified atom stereocenters. The molecule has 1 aromatic heterocycles. The highest BCUT2D eigenvalue weighted by Gasteiger charge is 2.46. The van der Waals surface area contributed by atoms with E-state index >= 15 is 0 Å². The number of thiophene rings is 1. The summed E-state index contributed by atoms with van der Waals surface area (Å²) in [6.45, 7) is 6.30. The maximum atomic E-state index is 4.05. The zero-order chi connectivity index (χ0) is 49.6. The standard InChI is InChI=1S/C72H51NS/c1-3-20-66-65-32-14-17-36-70(65)74-71(66)49(2)53-23-18-24-54(47-53)50-37-42-58(43-38-50)73(69-35-16-13-31-64(69)61-33-19-22-52-21-10-11-29-60(52)61)59-44-39-51(40-45-59)55-41-46-63-62-30-12-15-34-67(62)72(68(63)48-55,56-25-6-4-7-26-56)57-27-8-5-9-28-57/h3-48H,1H2,2H3/b66-20-,71-49-. The number of para-hydroxylation sites is 1. The molecule has 74 heavy (non-hydrogen) atoms. The van der Waals surface area contributed by atoms with Crippen LogP contribution < -0.4 is 14.7 Å². The van der Waals surface area contributed by atoms with Gasteiger partial charge in [0.05, 0.1) is 11.1 Å². The fraction of sp³-hybridized carbons (Fsp3) is 0.0278. The van der Waals surface area contributed by atoms with Crippen molar-refractivity contribution >= 4 is 60.9 Å². The summed E-state index contributed by atoms with van der Waals surface area (Å²) in [5, 5.41) is 4.95. The molecule has 0 amide bonds. The van der Waals surface area contributed by atoms with Gasteiger partial charge in [0, 0.05) is 36.8 Å². The Bertz CT molecular complexity index is 4160. The average Bonchev–Trinajstić information content (AvgIpc) is 4.02. The van der Waals surface area contributed by atoms with E-state index < -0.39 is 5.41 Å². The molecule has 1 heterocycles. The zero-order valence-electron chi connectivity index (χ0n) is 41.1. The lowest BCUT2D eigenvalue weighted by Gasteiger charge is -2.34. The normalized spacial score (nSPS) is 13.1. The van der Waals surface area contributed by atoms with Crippen molar-refractivity contribution in [2.45, 2.75) is 12.3 Å². The quantitative estimate of drug-likeness (QED) is 0.132. The highest BCUT2D eigenvalue weighted by molar-refractivity contribution is 7.17. The third-order valence-electron chi connectivity index (χ3n) is 15.2. The third kappa shape index (κ3) is 7.54. The predicted octanol–water partition coefficient (Wildman–Crippen LogP) is 18.1. The van der Waals surface area contributed by atoms with Gasteiger partial charge in [0.25, 0.3) is 0 Å². The van der Waals surface area contributed by atoms with Crippen molar-refractivity contribution in [2.24, 2.45) is 0 Å². The molecule has 12 aromatic rings. The van der Waals surface area contributed by atoms with Crippen LogP contribution in [0, 0.1) is 0 Å². The predicted molar refractivity (Wildman–Crippen MR) is 316 cm³/mol. The Kier molecular flexibility index (Phi) is 11.4. The Labute approximate surface area is 437 Å². The van der Waals surface area contributed by atoms with Crippen LogP contribution in [0.3, 0.4) is 0 Å². The molecule has 0 spiro atoms. The molecule has 0 aliphatic heterocycles. The lowest BCUT2D eigenvalue weighted by atomic mass is 9.67. The molecule has 0 bridgehead atoms. The number of nitrogens with zero attached hydrogens (tertiary/aromatic N) is 1. The number of anilines is 3. The molecular weight excluding hydrogens is 911 g/mol. The topological polar surface area (TPSA) is 3.24 Å². The van der Waals surface area contributed by atoms with Gasteiger partial charge < -0.3 is 4.90 Å². The summed E-state index contributed by atoms with van der Waals surface area (Å²) in [6.07, 6.45) is 4.04. The largest absolute Gasteiger partial charge is 0.310 e. The van der Waals surface area contributed by atoms with Gasteiger partial charge in [-0.3, -0.25) is 0 Å². The third-order valence-corrected chi connectivity index (χ3v) is 16.5. The summed E-state index contributed by atoms with van der Waals surface area (Å²) in [4.78, 5) is 2.42. The van der Waals surface area contributed by atoms with E-state index in [-0.39, 0.29) is 0 Å². The maximum absolute atomic E-state index is 4.05. The summed E-state index contributed by atoms with van der Waals surface area (Å²) in [7, 11) is 0. The highest BCUT2D eigenvalue weighted by Crippen LogP contribution is 2.57. The van der Waals surface area contributed by atoms with Crippen LogP contribution in [-0.2, 0) is 5.41 Å². The Morgan fingerprint density at radius 2 is 0.973 bits per heavy atom. The molecule has 1 aliphatic carbocycles. The summed E-state index contributed by atoms with van der Waals surface area (Å²) < 4.78 is 2.56. The number of allylic oxidation sites excluding steroid dienone is 1. The maximum Gasteiger partial charge on any atom is 0.0713 e. The van der Waals surface area contributed by atoms with Crippen LogP contribution in [0.4, 0.5) is 17.1 Å². The van der Waals surface area contributed by atoms with Crippen LogP contribution in [0.2, 0.25) is 0 Å². The van der Waals surface area contributed by atoms with E-state index in [1.807, 2.05) is 17.4 Å². The van der Waals surface area contributed by atoms with Gasteiger partial charge in [-0.1, -0.05) is 237 Å². The highest BCUT2D eigenvalue weighted by atomic mass is 32.1. The molecule has 0 fully saturated rings. The first-order valence-electron chi connectivity index (χ1n) is 25.4. The molecule has 2 heteroatoms. The Morgan fingerprint density at radius 1 is 0.432 bits per heavy atom. The minimum Gasteiger partial charge on any atom is -0.310 e. The lowest BCUT2D eigenvalue weighted by Crippen LogP contribution is -2.28. The van der Waals surface area contributed by atoms with E-state index in [1.165, 1.54) is 97.4 Å². The Morgan fingerprint density at radius 3 is 1.69 bits per heavy atom. The van der Waals surface area contributed by atoms with Crippen molar-refractivity contribution in [1.29, 1.82) is 0 Å². The fourth-order valence-electron chi connectivity index (χ4n) is 11.7. The minimum absolute atomic E-state index is 0.468. The van der Waals surface area contributed by atoms with Crippen LogP contribution in [0.15, 0.2) is 280 Å². The van der Waals surface area contributed by atoms with Crippen LogP contribution >= 0.6 is 11.3 Å². The molecule has 1 nitrogen and oxygen atoms in total. The van der Waals surface area contributed by atoms with Gasteiger partial charge in [0.2, 0.25) is 0 Å². The van der Waals surface area contributed by atoms with Crippen molar-refractivity contribution in [2.75, 3.05) is 4.90 Å². The second kappa shape index (κ2) is 18.8. The number of fused-ring (bicyclic) bond motifs is 5. The number of hydrogen-bond acceptors (Lipinski definition) is 2. The van der Waals surface area contributed by atoms with E-state index in [2.05, 4.69) is 291 Å². The zero-order valence-corrected chi connectivity index (χ0v) is 41.9. The fourth-order valence-corrected chi connectivity index (χ4v) is 12.9. The number of rotatable bonds is 10. The summed E-state index contributed by atoms with van der Waals surface area (Å²) in [6, 6.07) is 98.3. The lowest BCUT2D eigenvalue weighted by molar-refractivity contribution is 0.769. The van der Waals surface area contributed by atoms with Crippen LogP contribution in [0.1, 0.15) is 34.7 Å². The van der Waals surface area contributed by atoms with Gasteiger partial charge in [0.1, 0.15) is 0 Å². The van der Waals surface area contributed by atoms with Crippen molar-refractivity contribution in [3.63, 3.8) is 0 Å². The van der Waals surface area contributed by atoms with E-state index in [0.717, 1.165) is 28.2 Å². The molecule has 0 N–H and O–H groups in total. The molecule has 0 saturated heterocycles. The molecule has 0 atom stereocenters. The Hall–Kier alpha value is -9.08. The summed E-state index contributed by atoms with van der Waals surface area (Å²) >= 11 is 1.85. The minimum atomic E-state index is -0.468. The molecule has 0 saturated carbocycles. The SMILES string of the molecule is C=C/C=c1\c(=C(/C)c2cccc(-c3ccc(N(c4ccc(-c5ccc6c(c5)C(c5ccccc5)(c5ccccc5)c5ccccc5-6)cc4)c4ccccc4-c4cccc5ccccc45)cc3)c2)sc2ccccc12. The van der Waals surface area contributed by atoms with Crippen LogP contribution in [-0.4, -0.2) is 0 Å². The van der Waals surface area contributed by atoms with Gasteiger partial charge in [-0.15, -0.1) is 11.3 Å². The molecule has 11 aromatic carbocycles. The van der Waals surface area contributed by atoms with Gasteiger partial charge in [-0.05, 0) is 139 Å². The van der Waals surface area contributed by atoms with Gasteiger partial charge in [0.15, 0.2) is 0 Å². The van der Waals surface area contributed by atoms with Crippen molar-refractivity contribution in [3.05, 3.63) is 317 Å². The molecule has 350 valence electrons. The van der Waals surface area contributed by atoms with E-state index in [9.17, 15) is 0 Å². The van der Waals surface area contributed by atoms with E-state index in [0.29, 0.717) is 0 Å².